The standard InChI is InChI=1S/C32H50F2O3/c1-3-5-7-8-9-11-21-37-31-27(22-28(32(35)36)29(33)30(31)34)26-19-17-25(18-20-26)24-15-13-23(14-16-24)12-10-6-4-2/h22-26H,3-21H2,1-2H3,(H,35,36). The SMILES string of the molecule is CCCCCCCCOc1c(C2CCC(C3CCC(CCCCC)CC3)CC2)cc(C(=O)O)c(F)c1F. The summed E-state index contributed by atoms with van der Waals surface area (Å²) in [6.45, 7) is 4.77. The van der Waals surface area contributed by atoms with Crippen molar-refractivity contribution < 1.29 is 23.4 Å². The molecule has 0 aliphatic heterocycles. The van der Waals surface area contributed by atoms with Crippen LogP contribution in [0.15, 0.2) is 6.07 Å². The van der Waals surface area contributed by atoms with E-state index in [2.05, 4.69) is 13.8 Å². The lowest BCUT2D eigenvalue weighted by Crippen LogP contribution is -2.26. The number of rotatable bonds is 15. The topological polar surface area (TPSA) is 46.5 Å². The molecule has 0 amide bonds. The zero-order valence-electron chi connectivity index (χ0n) is 23.3. The van der Waals surface area contributed by atoms with Crippen LogP contribution in [0.1, 0.15) is 151 Å². The normalized spacial score (nSPS) is 24.2. The number of aromatic carboxylic acids is 1. The van der Waals surface area contributed by atoms with Gasteiger partial charge in [-0.25, -0.2) is 9.18 Å². The first-order valence-electron chi connectivity index (χ1n) is 15.3. The van der Waals surface area contributed by atoms with Gasteiger partial charge in [-0.15, -0.1) is 0 Å². The molecule has 1 aromatic rings. The molecule has 0 heterocycles. The van der Waals surface area contributed by atoms with E-state index in [4.69, 9.17) is 4.74 Å². The Bertz CT molecular complexity index is 824. The van der Waals surface area contributed by atoms with Gasteiger partial charge < -0.3 is 9.84 Å². The number of hydrogen-bond donors (Lipinski definition) is 1. The van der Waals surface area contributed by atoms with Crippen LogP contribution in [0.2, 0.25) is 0 Å². The minimum atomic E-state index is -1.43. The summed E-state index contributed by atoms with van der Waals surface area (Å²) in [5.41, 5.74) is -0.0247. The van der Waals surface area contributed by atoms with E-state index in [-0.39, 0.29) is 11.7 Å². The van der Waals surface area contributed by atoms with E-state index >= 15 is 4.39 Å². The van der Waals surface area contributed by atoms with Crippen LogP contribution in [-0.4, -0.2) is 17.7 Å². The van der Waals surface area contributed by atoms with Gasteiger partial charge in [-0.1, -0.05) is 84.5 Å². The molecule has 0 saturated heterocycles. The van der Waals surface area contributed by atoms with E-state index in [1.807, 2.05) is 0 Å². The van der Waals surface area contributed by atoms with Crippen LogP contribution in [0, 0.1) is 29.4 Å². The van der Waals surface area contributed by atoms with Gasteiger partial charge >= 0.3 is 5.97 Å². The van der Waals surface area contributed by atoms with Crippen LogP contribution in [0.3, 0.4) is 0 Å². The highest BCUT2D eigenvalue weighted by Gasteiger charge is 2.34. The fourth-order valence-corrected chi connectivity index (χ4v) is 6.82. The van der Waals surface area contributed by atoms with Gasteiger partial charge in [0.2, 0.25) is 5.82 Å². The lowest BCUT2D eigenvalue weighted by Gasteiger charge is -2.38. The number of halogens is 2. The van der Waals surface area contributed by atoms with Crippen molar-refractivity contribution in [3.05, 3.63) is 28.8 Å². The summed E-state index contributed by atoms with van der Waals surface area (Å²) in [5, 5.41) is 9.47. The van der Waals surface area contributed by atoms with Gasteiger partial charge in [0.25, 0.3) is 0 Å². The monoisotopic (exact) mass is 520 g/mol. The van der Waals surface area contributed by atoms with Gasteiger partial charge in [-0.05, 0) is 74.7 Å². The van der Waals surface area contributed by atoms with E-state index in [0.717, 1.165) is 56.8 Å². The first-order chi connectivity index (χ1) is 18.0. The third-order valence-corrected chi connectivity index (χ3v) is 9.15. The van der Waals surface area contributed by atoms with Gasteiger partial charge in [0, 0.05) is 5.56 Å². The number of hydrogen-bond acceptors (Lipinski definition) is 2. The Hall–Kier alpha value is -1.65. The maximum Gasteiger partial charge on any atom is 0.338 e. The summed E-state index contributed by atoms with van der Waals surface area (Å²) in [6.07, 6.45) is 21.2. The molecule has 210 valence electrons. The molecule has 2 fully saturated rings. The van der Waals surface area contributed by atoms with Crippen molar-refractivity contribution in [1.82, 2.24) is 0 Å². The smallest absolute Gasteiger partial charge is 0.338 e. The maximum absolute atomic E-state index is 15.1. The zero-order valence-corrected chi connectivity index (χ0v) is 23.3. The number of ether oxygens (including phenoxy) is 1. The average Bonchev–Trinajstić information content (AvgIpc) is 2.91. The molecule has 0 spiro atoms. The Labute approximate surface area is 223 Å². The predicted octanol–water partition coefficient (Wildman–Crippen LogP) is 10.1. The molecule has 0 bridgehead atoms. The van der Waals surface area contributed by atoms with Gasteiger partial charge in [-0.3, -0.25) is 0 Å². The van der Waals surface area contributed by atoms with Gasteiger partial charge in [0.05, 0.1) is 12.2 Å². The Morgan fingerprint density at radius 3 is 2.00 bits per heavy atom. The van der Waals surface area contributed by atoms with Crippen LogP contribution in [0.5, 0.6) is 5.75 Å². The molecule has 0 radical (unpaired) electrons. The van der Waals surface area contributed by atoms with Crippen LogP contribution in [0.25, 0.3) is 0 Å². The second-order valence-electron chi connectivity index (χ2n) is 11.8. The molecule has 3 nitrogen and oxygen atoms in total. The van der Waals surface area contributed by atoms with E-state index in [9.17, 15) is 14.3 Å². The quantitative estimate of drug-likeness (QED) is 0.234. The Morgan fingerprint density at radius 2 is 1.38 bits per heavy atom. The van der Waals surface area contributed by atoms with Crippen LogP contribution in [0.4, 0.5) is 8.78 Å². The number of carboxylic acid groups (broad SMARTS) is 1. The van der Waals surface area contributed by atoms with E-state index < -0.39 is 23.2 Å². The number of benzene rings is 1. The summed E-state index contributed by atoms with van der Waals surface area (Å²) >= 11 is 0. The summed E-state index contributed by atoms with van der Waals surface area (Å²) in [5.74, 6) is -1.51. The summed E-state index contributed by atoms with van der Waals surface area (Å²) in [6, 6.07) is 1.35. The van der Waals surface area contributed by atoms with Crippen molar-refractivity contribution >= 4 is 5.97 Å². The van der Waals surface area contributed by atoms with Crippen molar-refractivity contribution in [3.8, 4) is 5.75 Å². The largest absolute Gasteiger partial charge is 0.490 e. The van der Waals surface area contributed by atoms with Crippen molar-refractivity contribution in [2.24, 2.45) is 17.8 Å². The number of carboxylic acids is 1. The molecule has 37 heavy (non-hydrogen) atoms. The highest BCUT2D eigenvalue weighted by Crippen LogP contribution is 2.47. The molecular weight excluding hydrogens is 470 g/mol. The molecule has 0 unspecified atom stereocenters. The van der Waals surface area contributed by atoms with Crippen LogP contribution >= 0.6 is 0 Å². The van der Waals surface area contributed by atoms with E-state index in [1.54, 1.807) is 0 Å². The van der Waals surface area contributed by atoms with Gasteiger partial charge in [0.1, 0.15) is 0 Å². The summed E-state index contributed by atoms with van der Waals surface area (Å²) in [7, 11) is 0. The molecule has 2 aliphatic rings. The first-order valence-corrected chi connectivity index (χ1v) is 15.3. The minimum absolute atomic E-state index is 0.0226. The van der Waals surface area contributed by atoms with E-state index in [0.29, 0.717) is 18.1 Å². The lowest BCUT2D eigenvalue weighted by atomic mass is 9.67. The van der Waals surface area contributed by atoms with E-state index in [1.165, 1.54) is 76.7 Å². The van der Waals surface area contributed by atoms with Crippen molar-refractivity contribution in [2.45, 2.75) is 135 Å². The molecule has 0 aromatic heterocycles. The van der Waals surface area contributed by atoms with Crippen molar-refractivity contribution in [1.29, 1.82) is 0 Å². The number of carbonyl (C=O) groups is 1. The fraction of sp³-hybridized carbons (Fsp3) is 0.781. The molecule has 3 rings (SSSR count). The highest BCUT2D eigenvalue weighted by atomic mass is 19.2. The van der Waals surface area contributed by atoms with Crippen LogP contribution < -0.4 is 4.74 Å². The summed E-state index contributed by atoms with van der Waals surface area (Å²) in [4.78, 5) is 11.6. The Kier molecular flexibility index (Phi) is 12.7. The third kappa shape index (κ3) is 8.68. The Morgan fingerprint density at radius 1 is 0.811 bits per heavy atom. The fourth-order valence-electron chi connectivity index (χ4n) is 6.82. The lowest BCUT2D eigenvalue weighted by molar-refractivity contribution is 0.0690. The maximum atomic E-state index is 15.1. The zero-order chi connectivity index (χ0) is 26.6. The second-order valence-corrected chi connectivity index (χ2v) is 11.8. The minimum Gasteiger partial charge on any atom is -0.490 e. The highest BCUT2D eigenvalue weighted by molar-refractivity contribution is 5.88. The predicted molar refractivity (Wildman–Crippen MR) is 146 cm³/mol. The first kappa shape index (κ1) is 29.9. The molecule has 2 saturated carbocycles. The molecular formula is C32H50F2O3. The molecule has 0 atom stereocenters. The van der Waals surface area contributed by atoms with Crippen LogP contribution in [-0.2, 0) is 0 Å². The third-order valence-electron chi connectivity index (χ3n) is 9.15. The molecule has 5 heteroatoms. The summed E-state index contributed by atoms with van der Waals surface area (Å²) < 4.78 is 35.5. The van der Waals surface area contributed by atoms with Gasteiger partial charge in [-0.2, -0.15) is 4.39 Å². The van der Waals surface area contributed by atoms with Crippen molar-refractivity contribution in [3.63, 3.8) is 0 Å². The molecule has 1 aromatic carbocycles. The average molecular weight is 521 g/mol. The van der Waals surface area contributed by atoms with Crippen molar-refractivity contribution in [2.75, 3.05) is 6.61 Å². The molecule has 1 N–H and O–H groups in total. The number of unbranched alkanes of at least 4 members (excludes halogenated alkanes) is 7. The Balaban J connectivity index is 1.59. The second kappa shape index (κ2) is 15.7. The molecule has 2 aliphatic carbocycles. The van der Waals surface area contributed by atoms with Gasteiger partial charge in [0.15, 0.2) is 11.6 Å².